The molecule has 8 heteroatoms. The van der Waals surface area contributed by atoms with Crippen LogP contribution >= 0.6 is 11.3 Å². The highest BCUT2D eigenvalue weighted by Gasteiger charge is 2.36. The number of nitrogens with one attached hydrogen (secondary N) is 1. The van der Waals surface area contributed by atoms with Gasteiger partial charge >= 0.3 is 5.97 Å². The summed E-state index contributed by atoms with van der Waals surface area (Å²) in [5.74, 6) is 0.138. The first-order chi connectivity index (χ1) is 13.0. The van der Waals surface area contributed by atoms with Crippen LogP contribution in [0.4, 0.5) is 5.95 Å². The molecule has 0 amide bonds. The second-order valence-electron chi connectivity index (χ2n) is 6.46. The number of benzene rings is 1. The summed E-state index contributed by atoms with van der Waals surface area (Å²) in [7, 11) is 0. The number of carbonyl (C=O) groups is 1. The number of fused-ring (bicyclic) bond motifs is 1. The van der Waals surface area contributed by atoms with E-state index >= 15 is 0 Å². The number of thiophene rings is 1. The van der Waals surface area contributed by atoms with Gasteiger partial charge in [-0.3, -0.25) is 0 Å². The molecule has 0 fully saturated rings. The van der Waals surface area contributed by atoms with E-state index < -0.39 is 6.04 Å². The zero-order valence-corrected chi connectivity index (χ0v) is 16.1. The largest absolute Gasteiger partial charge is 0.457 e. The molecule has 2 aromatic heterocycles. The molecule has 1 aliphatic rings. The summed E-state index contributed by atoms with van der Waals surface area (Å²) in [6.45, 7) is 6.18. The summed E-state index contributed by atoms with van der Waals surface area (Å²) in [5, 5.41) is 15.0. The minimum Gasteiger partial charge on any atom is -0.457 e. The van der Waals surface area contributed by atoms with Crippen molar-refractivity contribution in [3.05, 3.63) is 68.5 Å². The molecule has 0 saturated heterocycles. The molecule has 3 heterocycles. The van der Waals surface area contributed by atoms with Crippen LogP contribution in [-0.4, -0.2) is 26.2 Å². The van der Waals surface area contributed by atoms with Gasteiger partial charge in [-0.05, 0) is 48.4 Å². The maximum absolute atomic E-state index is 13.0. The zero-order chi connectivity index (χ0) is 19.0. The Morgan fingerprint density at radius 2 is 2.04 bits per heavy atom. The predicted molar refractivity (Wildman–Crippen MR) is 102 cm³/mol. The Morgan fingerprint density at radius 1 is 1.26 bits per heavy atom. The van der Waals surface area contributed by atoms with Crippen molar-refractivity contribution in [1.29, 1.82) is 0 Å². The van der Waals surface area contributed by atoms with Crippen LogP contribution in [-0.2, 0) is 16.1 Å². The molecule has 1 N–H and O–H groups in total. The van der Waals surface area contributed by atoms with Gasteiger partial charge in [-0.15, -0.1) is 11.3 Å². The van der Waals surface area contributed by atoms with E-state index in [-0.39, 0.29) is 12.6 Å². The lowest BCUT2D eigenvalue weighted by atomic mass is 10.0. The van der Waals surface area contributed by atoms with Crippen molar-refractivity contribution in [2.45, 2.75) is 33.4 Å². The molecule has 0 saturated carbocycles. The molecule has 27 heavy (non-hydrogen) atoms. The number of aryl methyl sites for hydroxylation is 2. The Kier molecular flexibility index (Phi) is 4.49. The average Bonchev–Trinajstić information content (AvgIpc) is 3.25. The highest BCUT2D eigenvalue weighted by atomic mass is 32.1. The van der Waals surface area contributed by atoms with E-state index in [0.717, 1.165) is 10.4 Å². The van der Waals surface area contributed by atoms with E-state index in [1.54, 1.807) is 16.0 Å². The monoisotopic (exact) mass is 381 g/mol. The van der Waals surface area contributed by atoms with Gasteiger partial charge in [0.1, 0.15) is 12.6 Å². The molecule has 0 radical (unpaired) electrons. The molecule has 3 aromatic rings. The Morgan fingerprint density at radius 3 is 2.74 bits per heavy atom. The Hall–Kier alpha value is -3.00. The molecule has 7 nitrogen and oxygen atoms in total. The molecular weight excluding hydrogens is 362 g/mol. The molecule has 1 atom stereocenters. The summed E-state index contributed by atoms with van der Waals surface area (Å²) >= 11 is 1.64. The van der Waals surface area contributed by atoms with Crippen molar-refractivity contribution in [2.24, 2.45) is 0 Å². The van der Waals surface area contributed by atoms with Crippen molar-refractivity contribution in [2.75, 3.05) is 5.32 Å². The molecule has 138 valence electrons. The van der Waals surface area contributed by atoms with Crippen LogP contribution in [0.5, 0.6) is 0 Å². The molecule has 0 bridgehead atoms. The van der Waals surface area contributed by atoms with Crippen molar-refractivity contribution in [3.63, 3.8) is 0 Å². The van der Waals surface area contributed by atoms with Crippen LogP contribution < -0.4 is 5.32 Å². The first-order valence-electron chi connectivity index (χ1n) is 8.58. The standard InChI is InChI=1S/C19H19N5O2S/c1-11-9-15(27-13(11)3)17-16(12(2)20-19-21-22-23-24(17)19)18(25)26-10-14-7-5-4-6-8-14/h4-9,17H,10H2,1-3H3,(H,20,21,23). The zero-order valence-electron chi connectivity index (χ0n) is 15.3. The van der Waals surface area contributed by atoms with Crippen molar-refractivity contribution in [1.82, 2.24) is 20.2 Å². The third-order valence-electron chi connectivity index (χ3n) is 4.60. The Balaban J connectivity index is 1.68. The van der Waals surface area contributed by atoms with E-state index in [1.807, 2.05) is 37.3 Å². The van der Waals surface area contributed by atoms with Gasteiger partial charge in [0.2, 0.25) is 5.95 Å². The van der Waals surface area contributed by atoms with Gasteiger partial charge in [0.15, 0.2) is 0 Å². The van der Waals surface area contributed by atoms with Gasteiger partial charge in [-0.25, -0.2) is 4.79 Å². The molecule has 1 aliphatic heterocycles. The van der Waals surface area contributed by atoms with Gasteiger partial charge in [-0.2, -0.15) is 4.68 Å². The third kappa shape index (κ3) is 3.23. The molecule has 1 aromatic carbocycles. The number of nitrogens with zero attached hydrogens (tertiary/aromatic N) is 4. The van der Waals surface area contributed by atoms with Gasteiger partial charge in [-0.1, -0.05) is 35.4 Å². The molecular formula is C19H19N5O2S. The predicted octanol–water partition coefficient (Wildman–Crippen LogP) is 3.38. The number of rotatable bonds is 4. The highest BCUT2D eigenvalue weighted by molar-refractivity contribution is 7.12. The molecule has 1 unspecified atom stereocenters. The number of aromatic nitrogens is 4. The highest BCUT2D eigenvalue weighted by Crippen LogP contribution is 2.39. The topological polar surface area (TPSA) is 81.9 Å². The Bertz CT molecular complexity index is 1000. The number of hydrogen-bond acceptors (Lipinski definition) is 7. The van der Waals surface area contributed by atoms with Crippen LogP contribution in [0.15, 0.2) is 47.7 Å². The average molecular weight is 381 g/mol. The summed E-state index contributed by atoms with van der Waals surface area (Å²) in [6.07, 6.45) is 0. The summed E-state index contributed by atoms with van der Waals surface area (Å²) < 4.78 is 7.24. The quantitative estimate of drug-likeness (QED) is 0.698. The fourth-order valence-corrected chi connectivity index (χ4v) is 4.22. The number of carbonyl (C=O) groups excluding carboxylic acids is 1. The smallest absolute Gasteiger partial charge is 0.338 e. The summed E-state index contributed by atoms with van der Waals surface area (Å²) in [5.41, 5.74) is 3.34. The fraction of sp³-hybridized carbons (Fsp3) is 0.263. The molecule has 0 aliphatic carbocycles. The minimum atomic E-state index is -0.406. The van der Waals surface area contributed by atoms with Crippen LogP contribution in [0.1, 0.15) is 33.8 Å². The van der Waals surface area contributed by atoms with Gasteiger partial charge in [0.05, 0.1) is 5.57 Å². The van der Waals surface area contributed by atoms with E-state index in [0.29, 0.717) is 17.2 Å². The first-order valence-corrected chi connectivity index (χ1v) is 9.40. The second kappa shape index (κ2) is 6.96. The summed E-state index contributed by atoms with van der Waals surface area (Å²) in [6, 6.07) is 11.3. The Labute approximate surface area is 160 Å². The minimum absolute atomic E-state index is 0.216. The maximum atomic E-state index is 13.0. The number of anilines is 1. The molecule has 4 rings (SSSR count). The van der Waals surface area contributed by atoms with Crippen molar-refractivity contribution in [3.8, 4) is 0 Å². The normalized spacial score (nSPS) is 16.0. The van der Waals surface area contributed by atoms with E-state index in [2.05, 4.69) is 40.8 Å². The second-order valence-corrected chi connectivity index (χ2v) is 7.75. The number of esters is 1. The third-order valence-corrected chi connectivity index (χ3v) is 5.81. The van der Waals surface area contributed by atoms with Gasteiger partial charge in [0.25, 0.3) is 0 Å². The van der Waals surface area contributed by atoms with E-state index in [4.69, 9.17) is 4.74 Å². The van der Waals surface area contributed by atoms with Crippen LogP contribution in [0.3, 0.4) is 0 Å². The lowest BCUT2D eigenvalue weighted by Crippen LogP contribution is -2.29. The van der Waals surface area contributed by atoms with Gasteiger partial charge < -0.3 is 10.1 Å². The number of ether oxygens (including phenoxy) is 1. The first kappa shape index (κ1) is 17.4. The van der Waals surface area contributed by atoms with Crippen molar-refractivity contribution < 1.29 is 9.53 Å². The lowest BCUT2D eigenvalue weighted by molar-refractivity contribution is -0.140. The van der Waals surface area contributed by atoms with E-state index in [9.17, 15) is 4.79 Å². The number of tetrazole rings is 1. The SMILES string of the molecule is CC1=C(C(=O)OCc2ccccc2)C(c2cc(C)c(C)s2)n2nnnc2N1. The van der Waals surface area contributed by atoms with Crippen LogP contribution in [0.25, 0.3) is 0 Å². The van der Waals surface area contributed by atoms with Crippen LogP contribution in [0.2, 0.25) is 0 Å². The summed E-state index contributed by atoms with van der Waals surface area (Å²) in [4.78, 5) is 15.2. The number of hydrogen-bond donors (Lipinski definition) is 1. The molecule has 0 spiro atoms. The lowest BCUT2D eigenvalue weighted by Gasteiger charge is -2.26. The fourth-order valence-electron chi connectivity index (χ4n) is 3.08. The maximum Gasteiger partial charge on any atom is 0.338 e. The van der Waals surface area contributed by atoms with E-state index in [1.165, 1.54) is 10.4 Å². The van der Waals surface area contributed by atoms with Crippen LogP contribution in [0, 0.1) is 13.8 Å². The number of allylic oxidation sites excluding steroid dienone is 1. The van der Waals surface area contributed by atoms with Crippen molar-refractivity contribution >= 4 is 23.3 Å². The van der Waals surface area contributed by atoms with Gasteiger partial charge in [0, 0.05) is 15.5 Å².